The predicted molar refractivity (Wildman–Crippen MR) is 82.5 cm³/mol. The number of sulfonamides is 1. The van der Waals surface area contributed by atoms with Gasteiger partial charge in [0.05, 0.1) is 6.61 Å². The summed E-state index contributed by atoms with van der Waals surface area (Å²) in [6.07, 6.45) is 0.540. The molecule has 0 aliphatic rings. The van der Waals surface area contributed by atoms with Gasteiger partial charge in [0, 0.05) is 6.54 Å². The Morgan fingerprint density at radius 3 is 2.64 bits per heavy atom. The van der Waals surface area contributed by atoms with Gasteiger partial charge in [0.15, 0.2) is 5.76 Å². The van der Waals surface area contributed by atoms with Gasteiger partial charge in [-0.25, -0.2) is 13.1 Å². The highest BCUT2D eigenvalue weighted by molar-refractivity contribution is 7.89. The number of hydrogen-bond donors (Lipinski definition) is 1. The topological polar surface area (TPSA) is 81.4 Å². The number of aromatic nitrogens is 1. The van der Waals surface area contributed by atoms with Gasteiger partial charge in [0.2, 0.25) is 10.0 Å². The molecule has 1 N–H and O–H groups in total. The number of para-hydroxylation sites is 1. The second kappa shape index (κ2) is 6.93. The first-order chi connectivity index (χ1) is 10.5. The maximum absolute atomic E-state index is 12.3. The van der Waals surface area contributed by atoms with Crippen molar-refractivity contribution >= 4 is 10.0 Å². The highest BCUT2D eigenvalue weighted by Crippen LogP contribution is 2.20. The van der Waals surface area contributed by atoms with Gasteiger partial charge >= 0.3 is 0 Å². The number of hydrogen-bond acceptors (Lipinski definition) is 5. The quantitative estimate of drug-likeness (QED) is 0.844. The molecular weight excluding hydrogens is 304 g/mol. The molecule has 0 radical (unpaired) electrons. The molecule has 0 saturated heterocycles. The molecule has 0 atom stereocenters. The van der Waals surface area contributed by atoms with Crippen molar-refractivity contribution in [2.75, 3.05) is 13.2 Å². The van der Waals surface area contributed by atoms with Crippen LogP contribution in [0.25, 0.3) is 0 Å². The van der Waals surface area contributed by atoms with Gasteiger partial charge in [0.1, 0.15) is 16.3 Å². The molecule has 0 unspecified atom stereocenters. The largest absolute Gasteiger partial charge is 0.494 e. The van der Waals surface area contributed by atoms with Crippen LogP contribution >= 0.6 is 0 Å². The van der Waals surface area contributed by atoms with Crippen molar-refractivity contribution in [3.63, 3.8) is 0 Å². The summed E-state index contributed by atoms with van der Waals surface area (Å²) in [4.78, 5) is 0.116. The summed E-state index contributed by atoms with van der Waals surface area (Å²) in [7, 11) is -3.62. The lowest BCUT2D eigenvalue weighted by molar-refractivity contribution is 0.336. The van der Waals surface area contributed by atoms with Crippen molar-refractivity contribution in [3.05, 3.63) is 41.3 Å². The highest BCUT2D eigenvalue weighted by Gasteiger charge is 2.23. The van der Waals surface area contributed by atoms with Crippen LogP contribution < -0.4 is 9.46 Å². The van der Waals surface area contributed by atoms with E-state index in [0.717, 1.165) is 11.3 Å². The minimum Gasteiger partial charge on any atom is -0.494 e. The van der Waals surface area contributed by atoms with Gasteiger partial charge in [-0.1, -0.05) is 23.4 Å². The molecule has 0 amide bonds. The molecule has 1 aromatic heterocycles. The first-order valence-electron chi connectivity index (χ1n) is 7.09. The van der Waals surface area contributed by atoms with E-state index in [0.29, 0.717) is 24.5 Å². The van der Waals surface area contributed by atoms with Crippen LogP contribution in [-0.2, 0) is 16.4 Å². The minimum absolute atomic E-state index is 0.116. The summed E-state index contributed by atoms with van der Waals surface area (Å²) < 4.78 is 37.6. The summed E-state index contributed by atoms with van der Waals surface area (Å²) in [5.74, 6) is 1.07. The number of ether oxygens (including phenoxy) is 1. The smallest absolute Gasteiger partial charge is 0.245 e. The Hall–Kier alpha value is -1.86. The van der Waals surface area contributed by atoms with Crippen LogP contribution in [0.15, 0.2) is 33.7 Å². The Morgan fingerprint density at radius 2 is 2.00 bits per heavy atom. The Kier molecular flexibility index (Phi) is 5.20. The normalized spacial score (nSPS) is 11.6. The van der Waals surface area contributed by atoms with Crippen LogP contribution in [0.5, 0.6) is 5.75 Å². The molecule has 0 saturated carbocycles. The summed E-state index contributed by atoms with van der Waals surface area (Å²) in [6, 6.07) is 7.60. The van der Waals surface area contributed by atoms with Gasteiger partial charge in [0.25, 0.3) is 0 Å². The van der Waals surface area contributed by atoms with E-state index >= 15 is 0 Å². The Labute approximate surface area is 130 Å². The van der Waals surface area contributed by atoms with E-state index in [9.17, 15) is 8.42 Å². The molecule has 0 fully saturated rings. The van der Waals surface area contributed by atoms with Crippen molar-refractivity contribution in [2.24, 2.45) is 0 Å². The zero-order chi connectivity index (χ0) is 16.2. The van der Waals surface area contributed by atoms with E-state index in [4.69, 9.17) is 9.26 Å². The first-order valence-corrected chi connectivity index (χ1v) is 8.57. The van der Waals surface area contributed by atoms with Gasteiger partial charge in [-0.05, 0) is 38.8 Å². The summed E-state index contributed by atoms with van der Waals surface area (Å²) in [5, 5.41) is 3.67. The second-order valence-electron chi connectivity index (χ2n) is 4.84. The van der Waals surface area contributed by atoms with E-state index in [-0.39, 0.29) is 11.4 Å². The molecule has 0 aliphatic heterocycles. The van der Waals surface area contributed by atoms with Gasteiger partial charge in [-0.2, -0.15) is 0 Å². The fourth-order valence-electron chi connectivity index (χ4n) is 2.26. The first kappa shape index (κ1) is 16.5. The molecule has 2 aromatic rings. The maximum Gasteiger partial charge on any atom is 0.245 e. The third-order valence-electron chi connectivity index (χ3n) is 3.20. The van der Waals surface area contributed by atoms with Crippen LogP contribution in [0.2, 0.25) is 0 Å². The summed E-state index contributed by atoms with van der Waals surface area (Å²) >= 11 is 0. The number of nitrogens with one attached hydrogen (secondary N) is 1. The SMILES string of the molecule is CCOc1ccccc1CCNS(=O)(=O)c1c(C)noc1C. The van der Waals surface area contributed by atoms with Crippen LogP contribution in [0, 0.1) is 13.8 Å². The van der Waals surface area contributed by atoms with Crippen molar-refractivity contribution in [1.29, 1.82) is 0 Å². The van der Waals surface area contributed by atoms with Crippen molar-refractivity contribution in [2.45, 2.75) is 32.1 Å². The van der Waals surface area contributed by atoms with Crippen LogP contribution in [0.4, 0.5) is 0 Å². The lowest BCUT2D eigenvalue weighted by Crippen LogP contribution is -2.27. The molecule has 7 heteroatoms. The molecule has 120 valence electrons. The van der Waals surface area contributed by atoms with E-state index < -0.39 is 10.0 Å². The molecule has 1 aromatic carbocycles. The summed E-state index contributed by atoms with van der Waals surface area (Å²) in [6.45, 7) is 5.95. The monoisotopic (exact) mass is 324 g/mol. The molecule has 22 heavy (non-hydrogen) atoms. The predicted octanol–water partition coefficient (Wildman–Crippen LogP) is 2.21. The van der Waals surface area contributed by atoms with Crippen molar-refractivity contribution in [1.82, 2.24) is 9.88 Å². The Balaban J connectivity index is 2.05. The zero-order valence-corrected chi connectivity index (χ0v) is 13.7. The minimum atomic E-state index is -3.62. The average Bonchev–Trinajstić information content (AvgIpc) is 2.81. The van der Waals surface area contributed by atoms with Crippen molar-refractivity contribution in [3.8, 4) is 5.75 Å². The standard InChI is InChI=1S/C15H20N2O4S/c1-4-20-14-8-6-5-7-13(14)9-10-16-22(18,19)15-11(2)17-21-12(15)3/h5-8,16H,4,9-10H2,1-3H3. The number of nitrogens with zero attached hydrogens (tertiary/aromatic N) is 1. The number of rotatable bonds is 7. The lowest BCUT2D eigenvalue weighted by Gasteiger charge is -2.10. The highest BCUT2D eigenvalue weighted by atomic mass is 32.2. The van der Waals surface area contributed by atoms with Gasteiger partial charge in [-0.15, -0.1) is 0 Å². The van der Waals surface area contributed by atoms with Gasteiger partial charge < -0.3 is 9.26 Å². The van der Waals surface area contributed by atoms with Crippen molar-refractivity contribution < 1.29 is 17.7 Å². The molecule has 2 rings (SSSR count). The van der Waals surface area contributed by atoms with E-state index in [1.807, 2.05) is 31.2 Å². The second-order valence-corrected chi connectivity index (χ2v) is 6.55. The summed E-state index contributed by atoms with van der Waals surface area (Å²) in [5.41, 5.74) is 1.32. The van der Waals surface area contributed by atoms with E-state index in [1.165, 1.54) is 0 Å². The molecule has 0 spiro atoms. The zero-order valence-electron chi connectivity index (χ0n) is 12.9. The third-order valence-corrected chi connectivity index (χ3v) is 4.90. The molecule has 0 aliphatic carbocycles. The Morgan fingerprint density at radius 1 is 1.27 bits per heavy atom. The number of benzene rings is 1. The molecule has 0 bridgehead atoms. The van der Waals surface area contributed by atoms with Crippen LogP contribution in [0.3, 0.4) is 0 Å². The fourth-order valence-corrected chi connectivity index (χ4v) is 3.61. The maximum atomic E-state index is 12.3. The number of aryl methyl sites for hydroxylation is 2. The van der Waals surface area contributed by atoms with Crippen LogP contribution in [0.1, 0.15) is 23.9 Å². The molecule has 1 heterocycles. The third kappa shape index (κ3) is 3.66. The van der Waals surface area contributed by atoms with E-state index in [2.05, 4.69) is 9.88 Å². The Bertz CT molecular complexity index is 718. The van der Waals surface area contributed by atoms with Crippen LogP contribution in [-0.4, -0.2) is 26.7 Å². The lowest BCUT2D eigenvalue weighted by atomic mass is 10.1. The fraction of sp³-hybridized carbons (Fsp3) is 0.400. The molecule has 6 nitrogen and oxygen atoms in total. The van der Waals surface area contributed by atoms with Gasteiger partial charge in [-0.3, -0.25) is 0 Å². The average molecular weight is 324 g/mol. The van der Waals surface area contributed by atoms with E-state index in [1.54, 1.807) is 13.8 Å². The molecular formula is C15H20N2O4S.